The van der Waals surface area contributed by atoms with Crippen molar-refractivity contribution < 1.29 is 13.6 Å². The minimum absolute atomic E-state index is 0.323. The highest BCUT2D eigenvalue weighted by Gasteiger charge is 2.23. The van der Waals surface area contributed by atoms with E-state index in [9.17, 15) is 4.57 Å². The third-order valence-corrected chi connectivity index (χ3v) is 7.23. The molecule has 30 heavy (non-hydrogen) atoms. The van der Waals surface area contributed by atoms with E-state index in [4.69, 9.17) is 14.0 Å². The van der Waals surface area contributed by atoms with Crippen LogP contribution in [0.15, 0.2) is 72.8 Å². The molecular formula is C25H26NO3P. The Bertz CT molecular complexity index is 1210. The monoisotopic (exact) mass is 419 g/mol. The van der Waals surface area contributed by atoms with Crippen LogP contribution in [0.2, 0.25) is 0 Å². The third-order valence-electron chi connectivity index (χ3n) is 5.15. The van der Waals surface area contributed by atoms with Crippen LogP contribution in [0.1, 0.15) is 19.5 Å². The molecule has 0 saturated carbocycles. The van der Waals surface area contributed by atoms with Crippen LogP contribution in [0.3, 0.4) is 0 Å². The zero-order chi connectivity index (χ0) is 21.0. The van der Waals surface area contributed by atoms with Gasteiger partial charge in [-0.1, -0.05) is 66.7 Å². The van der Waals surface area contributed by atoms with Gasteiger partial charge in [0.2, 0.25) is 0 Å². The molecule has 0 aliphatic carbocycles. The number of benzene rings is 3. The smallest absolute Gasteiger partial charge is 0.309 e. The highest BCUT2D eigenvalue weighted by atomic mass is 31.2. The Balaban J connectivity index is 1.74. The molecular weight excluding hydrogens is 393 g/mol. The summed E-state index contributed by atoms with van der Waals surface area (Å²) in [4.78, 5) is 4.95. The van der Waals surface area contributed by atoms with Gasteiger partial charge in [0.25, 0.3) is 0 Å². The van der Waals surface area contributed by atoms with Crippen LogP contribution in [0, 0.1) is 0 Å². The number of rotatable bonds is 8. The summed E-state index contributed by atoms with van der Waals surface area (Å²) < 4.78 is 23.7. The molecule has 0 amide bonds. The maximum absolute atomic E-state index is 12.8. The van der Waals surface area contributed by atoms with E-state index in [-0.39, 0.29) is 0 Å². The van der Waals surface area contributed by atoms with Gasteiger partial charge in [-0.2, -0.15) is 0 Å². The molecule has 4 rings (SSSR count). The quantitative estimate of drug-likeness (QED) is 0.293. The lowest BCUT2D eigenvalue weighted by Gasteiger charge is -2.17. The van der Waals surface area contributed by atoms with Gasteiger partial charge in [-0.15, -0.1) is 0 Å². The molecule has 5 heteroatoms. The predicted octanol–water partition coefficient (Wildman–Crippen LogP) is 6.86. The molecule has 0 N–H and O–H groups in total. The maximum atomic E-state index is 12.8. The number of nitrogens with zero attached hydrogens (tertiary/aromatic N) is 1. The second-order valence-corrected chi connectivity index (χ2v) is 9.31. The molecule has 154 valence electrons. The summed E-state index contributed by atoms with van der Waals surface area (Å²) in [6.07, 6.45) is 0.862. The highest BCUT2D eigenvalue weighted by Crippen LogP contribution is 2.48. The minimum Gasteiger partial charge on any atom is -0.309 e. The largest absolute Gasteiger partial charge is 0.331 e. The van der Waals surface area contributed by atoms with Crippen molar-refractivity contribution in [1.82, 2.24) is 4.98 Å². The number of hydrogen-bond acceptors (Lipinski definition) is 4. The van der Waals surface area contributed by atoms with Crippen molar-refractivity contribution in [2.24, 2.45) is 0 Å². The molecule has 0 atom stereocenters. The van der Waals surface area contributed by atoms with Crippen LogP contribution in [-0.4, -0.2) is 24.4 Å². The molecule has 0 radical (unpaired) electrons. The van der Waals surface area contributed by atoms with Crippen molar-refractivity contribution in [2.75, 3.05) is 19.4 Å². The van der Waals surface area contributed by atoms with Crippen LogP contribution in [0.25, 0.3) is 32.8 Å². The molecule has 0 fully saturated rings. The van der Waals surface area contributed by atoms with E-state index < -0.39 is 7.60 Å². The van der Waals surface area contributed by atoms with Crippen LogP contribution < -0.4 is 0 Å². The van der Waals surface area contributed by atoms with Crippen molar-refractivity contribution in [3.63, 3.8) is 0 Å². The highest BCUT2D eigenvalue weighted by molar-refractivity contribution is 7.53. The second kappa shape index (κ2) is 9.09. The van der Waals surface area contributed by atoms with E-state index in [1.54, 1.807) is 0 Å². The van der Waals surface area contributed by atoms with Gasteiger partial charge in [-0.05, 0) is 36.2 Å². The summed E-state index contributed by atoms with van der Waals surface area (Å²) in [6.45, 7) is 4.40. The summed E-state index contributed by atoms with van der Waals surface area (Å²) in [5.41, 5.74) is 4.10. The average Bonchev–Trinajstić information content (AvgIpc) is 2.77. The molecule has 3 aromatic carbocycles. The Labute approximate surface area is 177 Å². The molecule has 0 spiro atoms. The van der Waals surface area contributed by atoms with E-state index >= 15 is 0 Å². The maximum Gasteiger partial charge on any atom is 0.331 e. The van der Waals surface area contributed by atoms with E-state index in [0.29, 0.717) is 25.8 Å². The fourth-order valence-corrected chi connectivity index (χ4v) is 5.44. The van der Waals surface area contributed by atoms with Crippen molar-refractivity contribution in [1.29, 1.82) is 0 Å². The van der Waals surface area contributed by atoms with Crippen LogP contribution in [-0.2, 0) is 20.0 Å². The Kier molecular flexibility index (Phi) is 6.29. The molecule has 0 aliphatic heterocycles. The fourth-order valence-electron chi connectivity index (χ4n) is 3.82. The summed E-state index contributed by atoms with van der Waals surface area (Å²) in [7, 11) is -3.09. The Morgan fingerprint density at radius 2 is 1.43 bits per heavy atom. The zero-order valence-corrected chi connectivity index (χ0v) is 18.3. The van der Waals surface area contributed by atoms with Gasteiger partial charge >= 0.3 is 7.60 Å². The van der Waals surface area contributed by atoms with E-state index in [0.717, 1.165) is 27.7 Å². The lowest BCUT2D eigenvalue weighted by molar-refractivity contribution is 0.220. The fraction of sp³-hybridized carbons (Fsp3) is 0.240. The predicted molar refractivity (Wildman–Crippen MR) is 124 cm³/mol. The lowest BCUT2D eigenvalue weighted by Crippen LogP contribution is -2.04. The summed E-state index contributed by atoms with van der Waals surface area (Å²) in [5, 5.41) is 3.50. The summed E-state index contributed by atoms with van der Waals surface area (Å²) >= 11 is 0. The van der Waals surface area contributed by atoms with Gasteiger partial charge in [0.05, 0.1) is 24.9 Å². The first-order chi connectivity index (χ1) is 14.6. The van der Waals surface area contributed by atoms with Crippen molar-refractivity contribution in [2.45, 2.75) is 20.3 Å². The van der Waals surface area contributed by atoms with Gasteiger partial charge < -0.3 is 9.05 Å². The Morgan fingerprint density at radius 3 is 2.20 bits per heavy atom. The molecule has 0 bridgehead atoms. The second-order valence-electron chi connectivity index (χ2n) is 7.13. The first-order valence-corrected chi connectivity index (χ1v) is 12.1. The van der Waals surface area contributed by atoms with Crippen molar-refractivity contribution >= 4 is 29.3 Å². The molecule has 0 unspecified atom stereocenters. The van der Waals surface area contributed by atoms with Crippen molar-refractivity contribution in [3.05, 3.63) is 78.5 Å². The SMILES string of the molecule is CCOP(=O)(CCc1ccc2cccc(-c3cccc4ccccc34)c2n1)OCC. The number of pyridine rings is 1. The standard InChI is InChI=1S/C25H26NO3P/c1-3-28-30(27,29-4-2)18-17-21-16-15-20-11-8-14-24(25(20)26-21)23-13-7-10-19-9-5-6-12-22(19)23/h5-16H,3-4,17-18H2,1-2H3. The first kappa shape index (κ1) is 20.7. The van der Waals surface area contributed by atoms with E-state index in [2.05, 4.69) is 66.7 Å². The van der Waals surface area contributed by atoms with Crippen LogP contribution in [0.4, 0.5) is 0 Å². The van der Waals surface area contributed by atoms with Gasteiger partial charge in [0, 0.05) is 23.1 Å². The van der Waals surface area contributed by atoms with Gasteiger partial charge in [-0.3, -0.25) is 9.55 Å². The molecule has 4 aromatic rings. The Hall–Kier alpha value is -2.52. The van der Waals surface area contributed by atoms with Gasteiger partial charge in [-0.25, -0.2) is 0 Å². The number of aryl methyl sites for hydroxylation is 1. The lowest BCUT2D eigenvalue weighted by atomic mass is 9.96. The Morgan fingerprint density at radius 1 is 0.767 bits per heavy atom. The van der Waals surface area contributed by atoms with Crippen LogP contribution >= 0.6 is 7.60 Å². The summed E-state index contributed by atoms with van der Waals surface area (Å²) in [6, 6.07) is 25.1. The average molecular weight is 419 g/mol. The van der Waals surface area contributed by atoms with E-state index in [1.807, 2.05) is 19.9 Å². The molecule has 0 aliphatic rings. The normalized spacial score (nSPS) is 11.9. The number of aromatic nitrogens is 1. The zero-order valence-electron chi connectivity index (χ0n) is 17.4. The number of para-hydroxylation sites is 1. The minimum atomic E-state index is -3.09. The third kappa shape index (κ3) is 4.32. The van der Waals surface area contributed by atoms with Crippen LogP contribution in [0.5, 0.6) is 0 Å². The molecule has 1 aromatic heterocycles. The topological polar surface area (TPSA) is 48.4 Å². The number of fused-ring (bicyclic) bond motifs is 2. The van der Waals surface area contributed by atoms with E-state index in [1.165, 1.54) is 10.8 Å². The molecule has 0 saturated heterocycles. The van der Waals surface area contributed by atoms with Gasteiger partial charge in [0.1, 0.15) is 0 Å². The molecule has 4 nitrogen and oxygen atoms in total. The van der Waals surface area contributed by atoms with Gasteiger partial charge in [0.15, 0.2) is 0 Å². The summed E-state index contributed by atoms with van der Waals surface area (Å²) in [5.74, 6) is 0. The molecule has 1 heterocycles. The first-order valence-electron chi connectivity index (χ1n) is 10.4. The van der Waals surface area contributed by atoms with Crippen molar-refractivity contribution in [3.8, 4) is 11.1 Å². The number of hydrogen-bond donors (Lipinski definition) is 0.